The number of rotatable bonds is 2. The molecule has 0 aliphatic heterocycles. The quantitative estimate of drug-likeness (QED) is 0.559. The molecule has 0 N–H and O–H groups in total. The second-order valence-electron chi connectivity index (χ2n) is 3.90. The molecule has 1 nitrogen and oxygen atoms in total. The molecular formula is C10H18O. The van der Waals surface area contributed by atoms with Crippen molar-refractivity contribution >= 4 is 5.78 Å². The molecule has 0 aliphatic rings. The molecule has 0 fully saturated rings. The van der Waals surface area contributed by atoms with Gasteiger partial charge in [-0.3, -0.25) is 4.79 Å². The van der Waals surface area contributed by atoms with Crippen LogP contribution >= 0.6 is 0 Å². The zero-order valence-electron chi connectivity index (χ0n) is 8.19. The van der Waals surface area contributed by atoms with E-state index in [1.807, 2.05) is 13.8 Å². The van der Waals surface area contributed by atoms with Gasteiger partial charge in [-0.25, -0.2) is 0 Å². The van der Waals surface area contributed by atoms with Crippen LogP contribution in [0.5, 0.6) is 0 Å². The van der Waals surface area contributed by atoms with Gasteiger partial charge in [-0.05, 0) is 18.4 Å². The van der Waals surface area contributed by atoms with Crippen molar-refractivity contribution in [3.05, 3.63) is 11.6 Å². The molecule has 0 bridgehead atoms. The van der Waals surface area contributed by atoms with Crippen LogP contribution in [0.1, 0.15) is 41.0 Å². The van der Waals surface area contributed by atoms with E-state index in [4.69, 9.17) is 0 Å². The summed E-state index contributed by atoms with van der Waals surface area (Å²) in [4.78, 5) is 11.0. The lowest BCUT2D eigenvalue weighted by molar-refractivity contribution is -0.114. The first-order valence-electron chi connectivity index (χ1n) is 4.09. The van der Waals surface area contributed by atoms with Crippen LogP contribution in [0.3, 0.4) is 0 Å². The molecular weight excluding hydrogens is 136 g/mol. The third-order valence-corrected chi connectivity index (χ3v) is 1.91. The highest BCUT2D eigenvalue weighted by molar-refractivity contribution is 5.90. The van der Waals surface area contributed by atoms with Crippen molar-refractivity contribution in [1.29, 1.82) is 0 Å². The smallest absolute Gasteiger partial charge is 0.155 e. The average molecular weight is 154 g/mol. The van der Waals surface area contributed by atoms with Gasteiger partial charge >= 0.3 is 0 Å². The maximum Gasteiger partial charge on any atom is 0.155 e. The number of carbonyl (C=O) groups is 1. The van der Waals surface area contributed by atoms with E-state index in [9.17, 15) is 4.79 Å². The van der Waals surface area contributed by atoms with E-state index in [0.29, 0.717) is 6.42 Å². The van der Waals surface area contributed by atoms with Crippen LogP contribution in [0.15, 0.2) is 11.6 Å². The monoisotopic (exact) mass is 154 g/mol. The zero-order chi connectivity index (χ0) is 9.07. The fourth-order valence-corrected chi connectivity index (χ4v) is 0.560. The molecule has 0 unspecified atom stereocenters. The Balaban J connectivity index is 4.35. The Morgan fingerprint density at radius 1 is 1.36 bits per heavy atom. The van der Waals surface area contributed by atoms with E-state index < -0.39 is 0 Å². The van der Waals surface area contributed by atoms with Gasteiger partial charge in [-0.1, -0.05) is 33.3 Å². The second-order valence-corrected chi connectivity index (χ2v) is 3.90. The van der Waals surface area contributed by atoms with Crippen LogP contribution in [-0.2, 0) is 4.79 Å². The highest BCUT2D eigenvalue weighted by atomic mass is 16.1. The van der Waals surface area contributed by atoms with Gasteiger partial charge in [0.25, 0.3) is 0 Å². The number of allylic oxidation sites excluding steroid dienone is 2. The Bertz CT molecular complexity index is 170. The van der Waals surface area contributed by atoms with Gasteiger partial charge in [0.2, 0.25) is 0 Å². The summed E-state index contributed by atoms with van der Waals surface area (Å²) in [7, 11) is 0. The summed E-state index contributed by atoms with van der Waals surface area (Å²) in [5.74, 6) is 0.220. The highest BCUT2D eigenvalue weighted by Gasteiger charge is 2.12. The number of ketones is 1. The lowest BCUT2D eigenvalue weighted by atomic mass is 9.87. The van der Waals surface area contributed by atoms with Crippen molar-refractivity contribution in [2.45, 2.75) is 41.0 Å². The van der Waals surface area contributed by atoms with Crippen molar-refractivity contribution < 1.29 is 4.79 Å². The first-order valence-corrected chi connectivity index (χ1v) is 4.09. The Morgan fingerprint density at radius 3 is 2.09 bits per heavy atom. The largest absolute Gasteiger partial charge is 0.295 e. The van der Waals surface area contributed by atoms with Gasteiger partial charge in [-0.15, -0.1) is 0 Å². The lowest BCUT2D eigenvalue weighted by Crippen LogP contribution is -2.08. The predicted octanol–water partition coefficient (Wildman–Crippen LogP) is 2.96. The van der Waals surface area contributed by atoms with Crippen molar-refractivity contribution in [2.24, 2.45) is 5.41 Å². The molecule has 0 saturated heterocycles. The predicted molar refractivity (Wildman–Crippen MR) is 48.5 cm³/mol. The van der Waals surface area contributed by atoms with E-state index >= 15 is 0 Å². The van der Waals surface area contributed by atoms with Crippen LogP contribution in [0, 0.1) is 5.41 Å². The maximum atomic E-state index is 11.0. The normalized spacial score (nSPS) is 13.4. The fourth-order valence-electron chi connectivity index (χ4n) is 0.560. The Labute approximate surface area is 69.5 Å². The van der Waals surface area contributed by atoms with E-state index in [-0.39, 0.29) is 11.2 Å². The standard InChI is InChI=1S/C10H18O/c1-6-9(11)7-8(2)10(3,4)5/h7H,6H2,1-5H3/b8-7+. The number of carbonyl (C=O) groups excluding carboxylic acids is 1. The third kappa shape index (κ3) is 3.97. The third-order valence-electron chi connectivity index (χ3n) is 1.91. The lowest BCUT2D eigenvalue weighted by Gasteiger charge is -2.18. The van der Waals surface area contributed by atoms with Crippen molar-refractivity contribution in [3.63, 3.8) is 0 Å². The number of hydrogen-bond acceptors (Lipinski definition) is 1. The average Bonchev–Trinajstić information content (AvgIpc) is 1.85. The summed E-state index contributed by atoms with van der Waals surface area (Å²) in [5.41, 5.74) is 1.29. The molecule has 0 aromatic carbocycles. The summed E-state index contributed by atoms with van der Waals surface area (Å²) in [6.07, 6.45) is 2.35. The summed E-state index contributed by atoms with van der Waals surface area (Å²) in [6, 6.07) is 0. The molecule has 0 radical (unpaired) electrons. The molecule has 64 valence electrons. The van der Waals surface area contributed by atoms with Crippen LogP contribution < -0.4 is 0 Å². The van der Waals surface area contributed by atoms with Gasteiger partial charge < -0.3 is 0 Å². The minimum absolute atomic E-state index is 0.130. The van der Waals surface area contributed by atoms with Gasteiger partial charge in [0.05, 0.1) is 0 Å². The zero-order valence-corrected chi connectivity index (χ0v) is 8.19. The molecule has 0 saturated carbocycles. The second kappa shape index (κ2) is 3.70. The summed E-state index contributed by atoms with van der Waals surface area (Å²) >= 11 is 0. The van der Waals surface area contributed by atoms with Crippen molar-refractivity contribution in [2.75, 3.05) is 0 Å². The van der Waals surface area contributed by atoms with E-state index in [0.717, 1.165) is 5.57 Å². The van der Waals surface area contributed by atoms with Gasteiger partial charge in [0, 0.05) is 6.42 Å². The molecule has 0 atom stereocenters. The van der Waals surface area contributed by atoms with E-state index in [1.54, 1.807) is 6.08 Å². The summed E-state index contributed by atoms with van der Waals surface area (Å²) < 4.78 is 0. The minimum atomic E-state index is 0.130. The van der Waals surface area contributed by atoms with Crippen molar-refractivity contribution in [1.82, 2.24) is 0 Å². The number of hydrogen-bond donors (Lipinski definition) is 0. The molecule has 0 aromatic rings. The molecule has 0 aliphatic carbocycles. The topological polar surface area (TPSA) is 17.1 Å². The molecule has 1 heteroatoms. The fraction of sp³-hybridized carbons (Fsp3) is 0.700. The Kier molecular flexibility index (Phi) is 3.50. The maximum absolute atomic E-state index is 11.0. The first kappa shape index (κ1) is 10.4. The molecule has 0 aromatic heterocycles. The molecule has 0 amide bonds. The highest BCUT2D eigenvalue weighted by Crippen LogP contribution is 2.24. The molecule has 0 rings (SSSR count). The van der Waals surface area contributed by atoms with E-state index in [2.05, 4.69) is 20.8 Å². The minimum Gasteiger partial charge on any atom is -0.295 e. The van der Waals surface area contributed by atoms with Crippen LogP contribution in [0.2, 0.25) is 0 Å². The summed E-state index contributed by atoms with van der Waals surface area (Å²) in [6.45, 7) is 10.2. The van der Waals surface area contributed by atoms with Crippen LogP contribution in [0.25, 0.3) is 0 Å². The van der Waals surface area contributed by atoms with Crippen LogP contribution in [0.4, 0.5) is 0 Å². The van der Waals surface area contributed by atoms with Gasteiger partial charge in [-0.2, -0.15) is 0 Å². The van der Waals surface area contributed by atoms with Crippen molar-refractivity contribution in [3.8, 4) is 0 Å². The van der Waals surface area contributed by atoms with Gasteiger partial charge in [0.15, 0.2) is 5.78 Å². The Hall–Kier alpha value is -0.590. The van der Waals surface area contributed by atoms with Crippen LogP contribution in [-0.4, -0.2) is 5.78 Å². The molecule has 11 heavy (non-hydrogen) atoms. The SMILES string of the molecule is CCC(=O)/C=C(\C)C(C)(C)C. The Morgan fingerprint density at radius 2 is 1.82 bits per heavy atom. The molecule has 0 heterocycles. The van der Waals surface area contributed by atoms with Gasteiger partial charge in [0.1, 0.15) is 0 Å². The first-order chi connectivity index (χ1) is 4.88. The summed E-state index contributed by atoms with van der Waals surface area (Å²) in [5, 5.41) is 0. The molecule has 0 spiro atoms. The van der Waals surface area contributed by atoms with E-state index in [1.165, 1.54) is 0 Å².